The molecule has 0 unspecified atom stereocenters. The molecule has 3 aromatic rings. The van der Waals surface area contributed by atoms with Gasteiger partial charge in [-0.25, -0.2) is 0 Å². The number of nitrogens with one attached hydrogen (secondary N) is 3. The van der Waals surface area contributed by atoms with E-state index in [9.17, 15) is 4.79 Å². The molecule has 2 aromatic carbocycles. The molecule has 34 heavy (non-hydrogen) atoms. The predicted molar refractivity (Wildman–Crippen MR) is 135 cm³/mol. The van der Waals surface area contributed by atoms with E-state index in [1.54, 1.807) is 7.11 Å². The van der Waals surface area contributed by atoms with Crippen LogP contribution in [0.2, 0.25) is 0 Å². The molecule has 0 bridgehead atoms. The van der Waals surface area contributed by atoms with E-state index in [1.165, 1.54) is 11.3 Å². The highest BCUT2D eigenvalue weighted by Gasteiger charge is 2.19. The Balaban J connectivity index is 1.16. The summed E-state index contributed by atoms with van der Waals surface area (Å²) in [6, 6.07) is 16.9. The van der Waals surface area contributed by atoms with Crippen LogP contribution in [0.3, 0.4) is 0 Å². The molecule has 0 aliphatic carbocycles. The van der Waals surface area contributed by atoms with E-state index in [1.807, 2.05) is 36.7 Å². The molecule has 1 aliphatic heterocycles. The van der Waals surface area contributed by atoms with Crippen molar-refractivity contribution in [3.05, 3.63) is 77.6 Å². The van der Waals surface area contributed by atoms with Crippen molar-refractivity contribution in [3.8, 4) is 5.75 Å². The summed E-state index contributed by atoms with van der Waals surface area (Å²) >= 11 is 0. The van der Waals surface area contributed by atoms with Gasteiger partial charge in [0.2, 0.25) is 5.91 Å². The molecule has 1 aromatic heterocycles. The van der Waals surface area contributed by atoms with Crippen LogP contribution in [0.5, 0.6) is 5.75 Å². The van der Waals surface area contributed by atoms with E-state index in [-0.39, 0.29) is 5.91 Å². The second kappa shape index (κ2) is 12.2. The van der Waals surface area contributed by atoms with Gasteiger partial charge in [-0.05, 0) is 67.1 Å². The van der Waals surface area contributed by atoms with Crippen LogP contribution in [0.25, 0.3) is 0 Å². The Morgan fingerprint density at radius 2 is 1.85 bits per heavy atom. The van der Waals surface area contributed by atoms with Gasteiger partial charge < -0.3 is 20.3 Å². The summed E-state index contributed by atoms with van der Waals surface area (Å²) in [5.74, 6) is 0.909. The number of rotatable bonds is 11. The Labute approximate surface area is 201 Å². The number of hydrogen-bond acceptors (Lipinski definition) is 5. The van der Waals surface area contributed by atoms with E-state index in [4.69, 9.17) is 4.74 Å². The van der Waals surface area contributed by atoms with E-state index in [0.29, 0.717) is 19.0 Å². The van der Waals surface area contributed by atoms with Crippen LogP contribution >= 0.6 is 0 Å². The standard InChI is InChI=1S/C27H35N5O2/c1-34-26-5-3-2-4-23(26)11-15-29-27(33)18-21-6-8-25(9-7-21)32-16-12-24(13-17-32)28-14-10-22-19-30-31-20-22/h2-9,19-20,24,28H,10-18H2,1H3,(H,29,33)(H,30,31). The Hall–Kier alpha value is -3.32. The minimum absolute atomic E-state index is 0.0463. The first-order chi connectivity index (χ1) is 16.7. The monoisotopic (exact) mass is 461 g/mol. The van der Waals surface area contributed by atoms with Crippen LogP contribution in [0.15, 0.2) is 60.9 Å². The Bertz CT molecular complexity index is 1010. The number of nitrogens with zero attached hydrogens (tertiary/aromatic N) is 2. The summed E-state index contributed by atoms with van der Waals surface area (Å²) in [5, 5.41) is 13.6. The van der Waals surface area contributed by atoms with Gasteiger partial charge in [-0.15, -0.1) is 0 Å². The van der Waals surface area contributed by atoms with Crippen molar-refractivity contribution in [1.82, 2.24) is 20.8 Å². The number of aromatic nitrogens is 2. The minimum atomic E-state index is 0.0463. The number of benzene rings is 2. The fourth-order valence-corrected chi connectivity index (χ4v) is 4.50. The fourth-order valence-electron chi connectivity index (χ4n) is 4.50. The van der Waals surface area contributed by atoms with Crippen LogP contribution in [-0.2, 0) is 24.1 Å². The number of carbonyl (C=O) groups is 1. The van der Waals surface area contributed by atoms with Crippen LogP contribution in [-0.4, -0.2) is 55.4 Å². The Morgan fingerprint density at radius 1 is 1.06 bits per heavy atom. The molecule has 3 N–H and O–H groups in total. The summed E-state index contributed by atoms with van der Waals surface area (Å²) in [6.07, 6.45) is 8.28. The lowest BCUT2D eigenvalue weighted by atomic mass is 10.0. The molecule has 180 valence electrons. The molecule has 1 amide bonds. The summed E-state index contributed by atoms with van der Waals surface area (Å²) in [7, 11) is 1.67. The lowest BCUT2D eigenvalue weighted by Crippen LogP contribution is -2.43. The molecule has 7 heteroatoms. The number of H-pyrrole nitrogens is 1. The fraction of sp³-hybridized carbons (Fsp3) is 0.407. The van der Waals surface area contributed by atoms with Crippen LogP contribution in [0, 0.1) is 0 Å². The summed E-state index contributed by atoms with van der Waals surface area (Å²) < 4.78 is 5.37. The summed E-state index contributed by atoms with van der Waals surface area (Å²) in [5.41, 5.74) is 4.62. The van der Waals surface area contributed by atoms with Gasteiger partial charge in [0.15, 0.2) is 0 Å². The Kier molecular flexibility index (Phi) is 8.57. The highest BCUT2D eigenvalue weighted by Crippen LogP contribution is 2.21. The number of para-hydroxylation sites is 1. The predicted octanol–water partition coefficient (Wildman–Crippen LogP) is 3.12. The van der Waals surface area contributed by atoms with Gasteiger partial charge in [-0.1, -0.05) is 30.3 Å². The third-order valence-corrected chi connectivity index (χ3v) is 6.47. The average molecular weight is 462 g/mol. The average Bonchev–Trinajstić information content (AvgIpc) is 3.39. The number of carbonyl (C=O) groups excluding carboxylic acids is 1. The normalized spacial score (nSPS) is 14.2. The Morgan fingerprint density at radius 3 is 2.59 bits per heavy atom. The molecule has 2 heterocycles. The van der Waals surface area contributed by atoms with Gasteiger partial charge in [-0.2, -0.15) is 5.10 Å². The van der Waals surface area contributed by atoms with Crippen molar-refractivity contribution in [2.75, 3.05) is 38.2 Å². The molecular weight excluding hydrogens is 426 g/mol. The molecule has 0 radical (unpaired) electrons. The molecule has 1 saturated heterocycles. The van der Waals surface area contributed by atoms with Gasteiger partial charge in [0.05, 0.1) is 19.7 Å². The largest absolute Gasteiger partial charge is 0.496 e. The molecule has 0 spiro atoms. The molecule has 1 fully saturated rings. The van der Waals surface area contributed by atoms with Gasteiger partial charge in [0.25, 0.3) is 0 Å². The van der Waals surface area contributed by atoms with Gasteiger partial charge in [0, 0.05) is 37.6 Å². The number of piperidine rings is 1. The number of hydrogen-bond donors (Lipinski definition) is 3. The van der Waals surface area contributed by atoms with Crippen molar-refractivity contribution in [1.29, 1.82) is 0 Å². The lowest BCUT2D eigenvalue weighted by molar-refractivity contribution is -0.120. The number of methoxy groups -OCH3 is 1. The maximum atomic E-state index is 12.4. The third kappa shape index (κ3) is 6.84. The SMILES string of the molecule is COc1ccccc1CCNC(=O)Cc1ccc(N2CCC(NCCc3cn[nH]c3)CC2)cc1. The van der Waals surface area contributed by atoms with Crippen LogP contribution in [0.1, 0.15) is 29.5 Å². The molecule has 1 aliphatic rings. The molecular formula is C27H35N5O2. The number of amides is 1. The maximum absolute atomic E-state index is 12.4. The van der Waals surface area contributed by atoms with Crippen molar-refractivity contribution >= 4 is 11.6 Å². The summed E-state index contributed by atoms with van der Waals surface area (Å²) in [6.45, 7) is 3.68. The number of ether oxygens (including phenoxy) is 1. The third-order valence-electron chi connectivity index (χ3n) is 6.47. The maximum Gasteiger partial charge on any atom is 0.224 e. The van der Waals surface area contributed by atoms with Crippen molar-refractivity contribution in [2.24, 2.45) is 0 Å². The van der Waals surface area contributed by atoms with E-state index < -0.39 is 0 Å². The van der Waals surface area contributed by atoms with E-state index in [2.05, 4.69) is 50.0 Å². The van der Waals surface area contributed by atoms with E-state index in [0.717, 1.165) is 62.2 Å². The zero-order valence-corrected chi connectivity index (χ0v) is 19.9. The number of anilines is 1. The topological polar surface area (TPSA) is 82.3 Å². The summed E-state index contributed by atoms with van der Waals surface area (Å²) in [4.78, 5) is 14.8. The van der Waals surface area contributed by atoms with E-state index >= 15 is 0 Å². The molecule has 7 nitrogen and oxygen atoms in total. The first kappa shape index (κ1) is 23.8. The first-order valence-corrected chi connectivity index (χ1v) is 12.1. The smallest absolute Gasteiger partial charge is 0.224 e. The molecule has 0 atom stereocenters. The van der Waals surface area contributed by atoms with Gasteiger partial charge in [-0.3, -0.25) is 9.89 Å². The highest BCUT2D eigenvalue weighted by molar-refractivity contribution is 5.78. The zero-order valence-electron chi connectivity index (χ0n) is 19.9. The lowest BCUT2D eigenvalue weighted by Gasteiger charge is -2.34. The second-order valence-electron chi connectivity index (χ2n) is 8.83. The minimum Gasteiger partial charge on any atom is -0.496 e. The van der Waals surface area contributed by atoms with Crippen molar-refractivity contribution < 1.29 is 9.53 Å². The van der Waals surface area contributed by atoms with Crippen molar-refractivity contribution in [3.63, 3.8) is 0 Å². The van der Waals surface area contributed by atoms with Gasteiger partial charge in [0.1, 0.15) is 5.75 Å². The second-order valence-corrected chi connectivity index (χ2v) is 8.83. The first-order valence-electron chi connectivity index (χ1n) is 12.1. The quantitative estimate of drug-likeness (QED) is 0.409. The van der Waals surface area contributed by atoms with Crippen molar-refractivity contribution in [2.45, 2.75) is 38.1 Å². The molecule has 4 rings (SSSR count). The zero-order chi connectivity index (χ0) is 23.6. The molecule has 0 saturated carbocycles. The number of aromatic amines is 1. The van der Waals surface area contributed by atoms with Crippen LogP contribution in [0.4, 0.5) is 5.69 Å². The van der Waals surface area contributed by atoms with Crippen LogP contribution < -0.4 is 20.3 Å². The highest BCUT2D eigenvalue weighted by atomic mass is 16.5. The van der Waals surface area contributed by atoms with Gasteiger partial charge >= 0.3 is 0 Å².